The standard InChI is InChI=1S/C28H21N2OS.C15H28O2.Ir/c1-28(2,3)23-13-19(12-17-6-4-5-7-20(17)23)26-27-18(8-10-30-26)14-24(31-27)22-15-29-16-25-21(22)9-11-32-25;1-7-14(5,8-2)12(16)11-13(17)15(6,9-3)10-4;/h4-11,13-16H,1-3H3;11,16H,7-10H2,1-6H3;/q-1;;/b;12-11-;. The maximum atomic E-state index is 12.2. The number of benzene rings is 2. The summed E-state index contributed by atoms with van der Waals surface area (Å²) in [4.78, 5) is 21.3. The largest absolute Gasteiger partial charge is 0.512 e. The number of fused-ring (bicyclic) bond motifs is 3. The van der Waals surface area contributed by atoms with Crippen molar-refractivity contribution in [3.63, 3.8) is 0 Å². The fourth-order valence-electron chi connectivity index (χ4n) is 6.04. The van der Waals surface area contributed by atoms with Gasteiger partial charge in [-0.15, -0.1) is 40.5 Å². The van der Waals surface area contributed by atoms with E-state index in [0.717, 1.165) is 74.7 Å². The number of pyridine rings is 2. The normalized spacial score (nSPS) is 12.5. The molecule has 0 unspecified atom stereocenters. The molecular weight excluding hydrogens is 817 g/mol. The third kappa shape index (κ3) is 7.81. The van der Waals surface area contributed by atoms with Crippen molar-refractivity contribution in [3.05, 3.63) is 96.0 Å². The number of carbonyl (C=O) groups is 1. The topological polar surface area (TPSA) is 76.2 Å². The van der Waals surface area contributed by atoms with E-state index in [0.29, 0.717) is 0 Å². The first-order valence-electron chi connectivity index (χ1n) is 17.4. The quantitative estimate of drug-likeness (QED) is 0.0890. The van der Waals surface area contributed by atoms with Gasteiger partial charge in [-0.1, -0.05) is 91.5 Å². The van der Waals surface area contributed by atoms with Gasteiger partial charge in [0.1, 0.15) is 17.1 Å². The van der Waals surface area contributed by atoms with Crippen LogP contribution in [0.4, 0.5) is 0 Å². The van der Waals surface area contributed by atoms with Crippen LogP contribution in [0.1, 0.15) is 93.6 Å². The number of allylic oxidation sites excluding steroid dienone is 2. The van der Waals surface area contributed by atoms with E-state index in [-0.39, 0.29) is 47.9 Å². The summed E-state index contributed by atoms with van der Waals surface area (Å²) in [6, 6.07) is 20.4. The van der Waals surface area contributed by atoms with Crippen LogP contribution in [-0.2, 0) is 30.3 Å². The van der Waals surface area contributed by atoms with Gasteiger partial charge in [-0.2, -0.15) is 0 Å². The second-order valence-corrected chi connectivity index (χ2v) is 15.5. The van der Waals surface area contributed by atoms with Gasteiger partial charge in [0.25, 0.3) is 0 Å². The SMILES string of the molecule is CC(C)(C)c1cc(-c2nccc3cc(-c4cncc5sccc45)oc23)[c-]c2ccccc12.CCC(C)(CC)C(=O)/C=C(\O)C(C)(CC)CC.[Ir]. The van der Waals surface area contributed by atoms with Crippen LogP contribution in [0.5, 0.6) is 0 Å². The van der Waals surface area contributed by atoms with Gasteiger partial charge in [-0.3, -0.25) is 14.8 Å². The number of hydrogen-bond acceptors (Lipinski definition) is 6. The molecule has 0 fully saturated rings. The van der Waals surface area contributed by atoms with Gasteiger partial charge in [-0.25, -0.2) is 0 Å². The molecule has 2 aromatic carbocycles. The van der Waals surface area contributed by atoms with Crippen LogP contribution in [-0.4, -0.2) is 20.9 Å². The van der Waals surface area contributed by atoms with Gasteiger partial charge < -0.3 is 9.52 Å². The molecule has 0 bridgehead atoms. The Balaban J connectivity index is 0.000000269. The van der Waals surface area contributed by atoms with E-state index in [4.69, 9.17) is 9.40 Å². The first-order chi connectivity index (χ1) is 23.3. The maximum Gasteiger partial charge on any atom is 0.164 e. The number of rotatable bonds is 9. The molecule has 0 saturated carbocycles. The number of hydrogen-bond donors (Lipinski definition) is 1. The first kappa shape index (κ1) is 39.2. The van der Waals surface area contributed by atoms with Crippen LogP contribution in [0, 0.1) is 16.9 Å². The van der Waals surface area contributed by atoms with Crippen molar-refractivity contribution in [3.8, 4) is 22.6 Å². The van der Waals surface area contributed by atoms with E-state index in [9.17, 15) is 9.90 Å². The molecule has 6 aromatic rings. The molecule has 6 rings (SSSR count). The molecule has 0 atom stereocenters. The van der Waals surface area contributed by atoms with Crippen molar-refractivity contribution in [2.24, 2.45) is 10.8 Å². The van der Waals surface area contributed by atoms with Crippen molar-refractivity contribution in [2.45, 2.75) is 93.4 Å². The number of aliphatic hydroxyl groups is 1. The third-order valence-electron chi connectivity index (χ3n) is 10.5. The maximum absolute atomic E-state index is 12.2. The number of furan rings is 1. The Bertz CT molecular complexity index is 2130. The van der Waals surface area contributed by atoms with Crippen molar-refractivity contribution >= 4 is 48.9 Å². The van der Waals surface area contributed by atoms with Crippen molar-refractivity contribution < 1.29 is 34.4 Å². The van der Waals surface area contributed by atoms with Crippen LogP contribution in [0.15, 0.2) is 88.8 Å². The van der Waals surface area contributed by atoms with Gasteiger partial charge in [0.2, 0.25) is 0 Å². The molecular formula is C43H49IrN2O3S-. The number of aliphatic hydroxyl groups excluding tert-OH is 1. The molecule has 50 heavy (non-hydrogen) atoms. The molecule has 1 N–H and O–H groups in total. The summed E-state index contributed by atoms with van der Waals surface area (Å²) in [5.74, 6) is 1.09. The molecule has 0 aliphatic rings. The zero-order valence-corrected chi connectivity index (χ0v) is 33.9. The minimum absolute atomic E-state index is 0. The molecule has 4 aromatic heterocycles. The average Bonchev–Trinajstić information content (AvgIpc) is 3.78. The zero-order valence-electron chi connectivity index (χ0n) is 30.7. The van der Waals surface area contributed by atoms with Gasteiger partial charge >= 0.3 is 0 Å². The zero-order chi connectivity index (χ0) is 35.6. The van der Waals surface area contributed by atoms with E-state index in [1.165, 1.54) is 17.0 Å². The molecule has 4 heterocycles. The van der Waals surface area contributed by atoms with Crippen molar-refractivity contribution in [2.75, 3.05) is 0 Å². The summed E-state index contributed by atoms with van der Waals surface area (Å²) in [5.41, 5.74) is 4.22. The number of nitrogens with zero attached hydrogens (tertiary/aromatic N) is 2. The minimum atomic E-state index is -0.337. The Morgan fingerprint density at radius 2 is 1.58 bits per heavy atom. The van der Waals surface area contributed by atoms with E-state index in [1.54, 1.807) is 11.3 Å². The van der Waals surface area contributed by atoms with Crippen LogP contribution >= 0.6 is 11.3 Å². The molecule has 265 valence electrons. The fraction of sp³-hybridized carbons (Fsp3) is 0.372. The second-order valence-electron chi connectivity index (χ2n) is 14.5. The molecule has 7 heteroatoms. The number of carbonyl (C=O) groups excluding carboxylic acids is 1. The van der Waals surface area contributed by atoms with Gasteiger partial charge in [-0.05, 0) is 54.7 Å². The summed E-state index contributed by atoms with van der Waals surface area (Å²) < 4.78 is 7.59. The molecule has 5 nitrogen and oxygen atoms in total. The Kier molecular flexibility index (Phi) is 12.3. The number of ketones is 1. The third-order valence-corrected chi connectivity index (χ3v) is 11.4. The minimum Gasteiger partial charge on any atom is -0.512 e. The second kappa shape index (κ2) is 15.7. The first-order valence-corrected chi connectivity index (χ1v) is 18.3. The predicted octanol–water partition coefficient (Wildman–Crippen LogP) is 12.7. The van der Waals surface area contributed by atoms with Crippen LogP contribution < -0.4 is 0 Å². The summed E-state index contributed by atoms with van der Waals surface area (Å²) in [6.07, 6.45) is 10.4. The molecule has 0 aliphatic heterocycles. The van der Waals surface area contributed by atoms with E-state index >= 15 is 0 Å². The summed E-state index contributed by atoms with van der Waals surface area (Å²) in [6.45, 7) is 18.8. The molecule has 0 amide bonds. The molecule has 1 radical (unpaired) electrons. The van der Waals surface area contributed by atoms with Gasteiger partial charge in [0, 0.05) is 77.6 Å². The van der Waals surface area contributed by atoms with E-state index in [2.05, 4.69) is 79.7 Å². The van der Waals surface area contributed by atoms with Crippen LogP contribution in [0.3, 0.4) is 0 Å². The van der Waals surface area contributed by atoms with Crippen LogP contribution in [0.2, 0.25) is 0 Å². The Hall–Kier alpha value is -3.64. The Morgan fingerprint density at radius 1 is 0.900 bits per heavy atom. The monoisotopic (exact) mass is 866 g/mol. The predicted molar refractivity (Wildman–Crippen MR) is 206 cm³/mol. The van der Waals surface area contributed by atoms with E-state index in [1.807, 2.05) is 66.2 Å². The summed E-state index contributed by atoms with van der Waals surface area (Å²) >= 11 is 1.69. The summed E-state index contributed by atoms with van der Waals surface area (Å²) in [7, 11) is 0. The van der Waals surface area contributed by atoms with Crippen molar-refractivity contribution in [1.82, 2.24) is 9.97 Å². The van der Waals surface area contributed by atoms with Crippen molar-refractivity contribution in [1.29, 1.82) is 0 Å². The summed E-state index contributed by atoms with van der Waals surface area (Å²) in [5, 5.41) is 16.7. The van der Waals surface area contributed by atoms with Crippen LogP contribution in [0.25, 0.3) is 54.4 Å². The van der Waals surface area contributed by atoms with E-state index < -0.39 is 0 Å². The van der Waals surface area contributed by atoms with Gasteiger partial charge in [0.15, 0.2) is 5.78 Å². The fourth-order valence-corrected chi connectivity index (χ4v) is 6.82. The molecule has 0 spiro atoms. The Labute approximate surface area is 314 Å². The number of aromatic nitrogens is 2. The van der Waals surface area contributed by atoms with Gasteiger partial charge in [0.05, 0.1) is 4.70 Å². The average molecular weight is 866 g/mol. The number of thiophene rings is 1. The molecule has 0 aliphatic carbocycles. The smallest absolute Gasteiger partial charge is 0.164 e. The Morgan fingerprint density at radius 3 is 2.24 bits per heavy atom. The molecule has 0 saturated heterocycles.